The third kappa shape index (κ3) is 17.6. The molecule has 1 fully saturated rings. The molecule has 4 N–H and O–H groups in total. The van der Waals surface area contributed by atoms with Crippen molar-refractivity contribution in [2.24, 2.45) is 0 Å². The van der Waals surface area contributed by atoms with Gasteiger partial charge in [0.15, 0.2) is 6.29 Å². The predicted octanol–water partition coefficient (Wildman–Crippen LogP) is 6.27. The zero-order valence-corrected chi connectivity index (χ0v) is 28.4. The summed E-state index contributed by atoms with van der Waals surface area (Å²) in [5.41, 5.74) is 0.605. The molecule has 1 saturated heterocycles. The lowest BCUT2D eigenvalue weighted by Gasteiger charge is -2.40. The molecular formula is C36H66O9. The minimum Gasteiger partial charge on any atom is -0.455 e. The van der Waals surface area contributed by atoms with Crippen LogP contribution >= 0.6 is 0 Å². The molecule has 2 aliphatic rings. The Balaban J connectivity index is 1.41. The highest BCUT2D eigenvalue weighted by molar-refractivity contribution is 5.90. The van der Waals surface area contributed by atoms with E-state index < -0.39 is 36.8 Å². The second-order valence-electron chi connectivity index (χ2n) is 13.3. The Bertz CT molecular complexity index is 776. The summed E-state index contributed by atoms with van der Waals surface area (Å²) < 4.78 is 22.3. The molecule has 0 spiro atoms. The zero-order chi connectivity index (χ0) is 32.7. The molecule has 0 bridgehead atoms. The monoisotopic (exact) mass is 642 g/mol. The Morgan fingerprint density at radius 3 is 1.82 bits per heavy atom. The zero-order valence-electron chi connectivity index (χ0n) is 28.4. The lowest BCUT2D eigenvalue weighted by atomic mass is 9.99. The fraction of sp³-hybridized carbons (Fsp3) is 0.917. The Hall–Kier alpha value is -1.07. The van der Waals surface area contributed by atoms with Crippen molar-refractivity contribution in [3.63, 3.8) is 0 Å². The minimum atomic E-state index is -1.32. The number of unbranched alkanes of at least 4 members (excludes halogenated alkanes) is 17. The van der Waals surface area contributed by atoms with E-state index >= 15 is 0 Å². The molecule has 0 aromatic heterocycles. The summed E-state index contributed by atoms with van der Waals surface area (Å²) in [4.78, 5) is 11.6. The van der Waals surface area contributed by atoms with E-state index in [0.29, 0.717) is 25.2 Å². The van der Waals surface area contributed by atoms with Crippen molar-refractivity contribution in [3.8, 4) is 0 Å². The van der Waals surface area contributed by atoms with Gasteiger partial charge in [-0.1, -0.05) is 116 Å². The van der Waals surface area contributed by atoms with Gasteiger partial charge in [-0.2, -0.15) is 0 Å². The number of esters is 1. The van der Waals surface area contributed by atoms with Crippen molar-refractivity contribution < 1.29 is 44.2 Å². The first-order valence-electron chi connectivity index (χ1n) is 18.3. The fourth-order valence-electron chi connectivity index (χ4n) is 6.14. The molecule has 0 saturated carbocycles. The number of aliphatic hydroxyl groups is 4. The van der Waals surface area contributed by atoms with Crippen molar-refractivity contribution in [2.45, 2.75) is 192 Å². The molecular weight excluding hydrogens is 576 g/mol. The van der Waals surface area contributed by atoms with Crippen LogP contribution in [-0.2, 0) is 23.7 Å². The highest BCUT2D eigenvalue weighted by Gasteiger charge is 2.44. The number of carbonyl (C=O) groups excluding carboxylic acids is 1. The van der Waals surface area contributed by atoms with Gasteiger partial charge in [-0.15, -0.1) is 0 Å². The predicted molar refractivity (Wildman–Crippen MR) is 176 cm³/mol. The van der Waals surface area contributed by atoms with E-state index in [-0.39, 0.29) is 18.7 Å². The number of rotatable bonds is 28. The average molecular weight is 643 g/mol. The van der Waals surface area contributed by atoms with Crippen LogP contribution in [0.5, 0.6) is 0 Å². The molecule has 2 rings (SSSR count). The second-order valence-corrected chi connectivity index (χ2v) is 13.3. The van der Waals surface area contributed by atoms with Gasteiger partial charge in [-0.25, -0.2) is 4.79 Å². The maximum absolute atomic E-state index is 11.6. The van der Waals surface area contributed by atoms with Gasteiger partial charge in [0, 0.05) is 25.2 Å². The molecule has 9 nitrogen and oxygen atoms in total. The van der Waals surface area contributed by atoms with Gasteiger partial charge in [0.1, 0.15) is 30.5 Å². The van der Waals surface area contributed by atoms with Gasteiger partial charge in [0.05, 0.1) is 12.7 Å². The summed E-state index contributed by atoms with van der Waals surface area (Å²) in [6.45, 7) is 5.25. The molecule has 0 aromatic carbocycles. The normalized spacial score (nSPS) is 25.8. The van der Waals surface area contributed by atoms with Crippen LogP contribution in [-0.4, -0.2) is 89.1 Å². The highest BCUT2D eigenvalue weighted by atomic mass is 16.7. The third-order valence-corrected chi connectivity index (χ3v) is 9.00. The average Bonchev–Trinajstić information content (AvgIpc) is 3.34. The van der Waals surface area contributed by atoms with Crippen LogP contribution in [0.1, 0.15) is 149 Å². The van der Waals surface area contributed by atoms with E-state index in [2.05, 4.69) is 6.92 Å². The summed E-state index contributed by atoms with van der Waals surface area (Å²) >= 11 is 0. The fourth-order valence-corrected chi connectivity index (χ4v) is 6.14. The number of cyclic esters (lactones) is 1. The topological polar surface area (TPSA) is 135 Å². The van der Waals surface area contributed by atoms with Gasteiger partial charge in [-0.3, -0.25) is 0 Å². The molecule has 9 heteroatoms. The van der Waals surface area contributed by atoms with E-state index in [9.17, 15) is 25.2 Å². The lowest BCUT2D eigenvalue weighted by molar-refractivity contribution is -0.302. The Morgan fingerprint density at radius 1 is 0.733 bits per heavy atom. The number of hydrogen-bond donors (Lipinski definition) is 4. The molecule has 2 aliphatic heterocycles. The van der Waals surface area contributed by atoms with Gasteiger partial charge in [0.25, 0.3) is 0 Å². The first kappa shape index (κ1) is 40.1. The Labute approximate surface area is 273 Å². The third-order valence-electron chi connectivity index (χ3n) is 9.00. The molecule has 264 valence electrons. The van der Waals surface area contributed by atoms with Gasteiger partial charge in [-0.05, 0) is 32.3 Å². The van der Waals surface area contributed by atoms with E-state index in [1.54, 1.807) is 6.08 Å². The number of carbonyl (C=O) groups is 1. The first-order valence-corrected chi connectivity index (χ1v) is 18.3. The van der Waals surface area contributed by atoms with Crippen LogP contribution in [0.15, 0.2) is 11.6 Å². The smallest absolute Gasteiger partial charge is 0.334 e. The van der Waals surface area contributed by atoms with Crippen LogP contribution in [0.3, 0.4) is 0 Å². The van der Waals surface area contributed by atoms with Gasteiger partial charge >= 0.3 is 5.97 Å². The van der Waals surface area contributed by atoms with Crippen LogP contribution in [0.25, 0.3) is 0 Å². The number of hydrogen-bond acceptors (Lipinski definition) is 9. The number of aliphatic hydroxyl groups excluding tert-OH is 4. The van der Waals surface area contributed by atoms with Gasteiger partial charge in [0.2, 0.25) is 0 Å². The largest absolute Gasteiger partial charge is 0.455 e. The molecule has 0 aromatic rings. The molecule has 0 radical (unpaired) electrons. The summed E-state index contributed by atoms with van der Waals surface area (Å²) in [7, 11) is 0. The molecule has 2 heterocycles. The second kappa shape index (κ2) is 25.0. The SMILES string of the molecule is CCCCCCCCCCCOC[C@H]1O[C@H](OCCCCCCCCCCCC[C@@H](O)CC2=C[C@H](C)OC2=O)[C@@H](O)[C@@H](O)[C@@H]1O. The summed E-state index contributed by atoms with van der Waals surface area (Å²) in [5, 5.41) is 41.2. The van der Waals surface area contributed by atoms with E-state index in [1.165, 1.54) is 70.6 Å². The van der Waals surface area contributed by atoms with E-state index in [0.717, 1.165) is 57.8 Å². The minimum absolute atomic E-state index is 0.166. The quantitative estimate of drug-likeness (QED) is 0.0575. The Morgan fingerprint density at radius 2 is 1.27 bits per heavy atom. The van der Waals surface area contributed by atoms with Crippen molar-refractivity contribution in [3.05, 3.63) is 11.6 Å². The van der Waals surface area contributed by atoms with Crippen LogP contribution in [0, 0.1) is 0 Å². The first-order chi connectivity index (χ1) is 21.8. The van der Waals surface area contributed by atoms with E-state index in [4.69, 9.17) is 18.9 Å². The molecule has 0 unspecified atom stereocenters. The molecule has 0 amide bonds. The van der Waals surface area contributed by atoms with Crippen molar-refractivity contribution in [1.29, 1.82) is 0 Å². The lowest BCUT2D eigenvalue weighted by Crippen LogP contribution is -2.59. The number of ether oxygens (including phenoxy) is 4. The molecule has 0 aliphatic carbocycles. The van der Waals surface area contributed by atoms with Crippen LogP contribution in [0.2, 0.25) is 0 Å². The summed E-state index contributed by atoms with van der Waals surface area (Å²) in [6.07, 6.45) is 18.9. The van der Waals surface area contributed by atoms with Crippen molar-refractivity contribution in [1.82, 2.24) is 0 Å². The van der Waals surface area contributed by atoms with Crippen molar-refractivity contribution >= 4 is 5.97 Å². The maximum atomic E-state index is 11.6. The van der Waals surface area contributed by atoms with Crippen LogP contribution in [0.4, 0.5) is 0 Å². The Kier molecular flexibility index (Phi) is 22.3. The van der Waals surface area contributed by atoms with E-state index in [1.807, 2.05) is 6.92 Å². The molecule has 7 atom stereocenters. The highest BCUT2D eigenvalue weighted by Crippen LogP contribution is 2.24. The van der Waals surface area contributed by atoms with Crippen LogP contribution < -0.4 is 0 Å². The molecule has 45 heavy (non-hydrogen) atoms. The van der Waals surface area contributed by atoms with Gasteiger partial charge < -0.3 is 39.4 Å². The summed E-state index contributed by atoms with van der Waals surface area (Å²) in [6, 6.07) is 0. The standard InChI is InChI=1S/C36H66O9/c1-3-4-5-6-7-11-14-17-20-23-42-27-31-32(38)33(39)34(40)36(45-31)43-24-21-18-15-12-9-8-10-13-16-19-22-30(37)26-29-25-28(2)44-35(29)41/h25,28,30-34,36-40H,3-24,26-27H2,1-2H3/t28-,30+,31+,32+,33-,34-,36-/m0/s1. The van der Waals surface area contributed by atoms with Crippen molar-refractivity contribution in [2.75, 3.05) is 19.8 Å². The maximum Gasteiger partial charge on any atom is 0.334 e. The summed E-state index contributed by atoms with van der Waals surface area (Å²) in [5.74, 6) is -0.291.